The van der Waals surface area contributed by atoms with Crippen LogP contribution in [-0.2, 0) is 4.74 Å². The summed E-state index contributed by atoms with van der Waals surface area (Å²) in [5.74, 6) is 0.555. The van der Waals surface area contributed by atoms with Gasteiger partial charge in [0.2, 0.25) is 0 Å². The van der Waals surface area contributed by atoms with Crippen molar-refractivity contribution in [3.05, 3.63) is 35.4 Å². The fourth-order valence-electron chi connectivity index (χ4n) is 1.01. The van der Waals surface area contributed by atoms with Crippen molar-refractivity contribution in [3.63, 3.8) is 0 Å². The van der Waals surface area contributed by atoms with Crippen LogP contribution in [0.1, 0.15) is 12.5 Å². The maximum absolute atomic E-state index is 5.93. The number of ether oxygens (including phenoxy) is 1. The van der Waals surface area contributed by atoms with E-state index in [9.17, 15) is 0 Å². The topological polar surface area (TPSA) is 9.23 Å². The van der Waals surface area contributed by atoms with Crippen molar-refractivity contribution in [1.29, 1.82) is 0 Å². The van der Waals surface area contributed by atoms with E-state index < -0.39 is 0 Å². The highest BCUT2D eigenvalue weighted by atomic mass is 35.5. The second-order valence-electron chi connectivity index (χ2n) is 2.60. The minimum atomic E-state index is 0.555. The van der Waals surface area contributed by atoms with E-state index in [1.54, 1.807) is 18.2 Å². The fraction of sp³-hybridized carbons (Fsp3) is 0.200. The molecule has 0 atom stereocenters. The summed E-state index contributed by atoms with van der Waals surface area (Å²) in [6, 6.07) is 5.22. The average molecular weight is 192 g/mol. The summed E-state index contributed by atoms with van der Waals surface area (Å²) < 4.78 is 5.23. The number of halogens is 1. The van der Waals surface area contributed by atoms with Gasteiger partial charge in [-0.25, -0.2) is 0 Å². The molecular formula is C10H10BClO. The Labute approximate surface area is 84.8 Å². The molecule has 66 valence electrons. The highest BCUT2D eigenvalue weighted by Gasteiger charge is 2.04. The lowest BCUT2D eigenvalue weighted by Crippen LogP contribution is -2.03. The summed E-state index contributed by atoms with van der Waals surface area (Å²) in [6.45, 7) is 6.22. The second kappa shape index (κ2) is 4.38. The predicted octanol–water partition coefficient (Wildman–Crippen LogP) is 2.14. The fourth-order valence-corrected chi connectivity index (χ4v) is 1.23. The van der Waals surface area contributed by atoms with E-state index in [0.717, 1.165) is 5.56 Å². The molecule has 0 N–H and O–H groups in total. The smallest absolute Gasteiger partial charge is 0.120 e. The highest BCUT2D eigenvalue weighted by Crippen LogP contribution is 2.21. The molecule has 0 spiro atoms. The molecule has 1 rings (SSSR count). The molecule has 0 bridgehead atoms. The summed E-state index contributed by atoms with van der Waals surface area (Å²) in [4.78, 5) is 0. The number of hydrogen-bond acceptors (Lipinski definition) is 1. The van der Waals surface area contributed by atoms with Crippen molar-refractivity contribution in [3.8, 4) is 0 Å². The van der Waals surface area contributed by atoms with Crippen molar-refractivity contribution in [2.45, 2.75) is 6.92 Å². The first-order valence-electron chi connectivity index (χ1n) is 4.02. The van der Waals surface area contributed by atoms with Crippen LogP contribution in [-0.4, -0.2) is 14.5 Å². The monoisotopic (exact) mass is 192 g/mol. The zero-order chi connectivity index (χ0) is 9.84. The summed E-state index contributed by atoms with van der Waals surface area (Å²) in [5.41, 5.74) is 1.41. The molecule has 3 heteroatoms. The molecule has 1 aromatic rings. The van der Waals surface area contributed by atoms with Crippen LogP contribution in [0.25, 0.3) is 5.76 Å². The van der Waals surface area contributed by atoms with Gasteiger partial charge in [0.25, 0.3) is 0 Å². The maximum Gasteiger partial charge on any atom is 0.120 e. The van der Waals surface area contributed by atoms with Gasteiger partial charge in [-0.05, 0) is 13.0 Å². The van der Waals surface area contributed by atoms with E-state index in [-0.39, 0.29) is 0 Å². The number of hydrogen-bond donors (Lipinski definition) is 0. The summed E-state index contributed by atoms with van der Waals surface area (Å²) in [6.07, 6.45) is 0. The maximum atomic E-state index is 5.93. The predicted molar refractivity (Wildman–Crippen MR) is 57.5 cm³/mol. The molecule has 13 heavy (non-hydrogen) atoms. The molecule has 0 saturated heterocycles. The third kappa shape index (κ3) is 2.53. The largest absolute Gasteiger partial charge is 0.494 e. The zero-order valence-corrected chi connectivity index (χ0v) is 8.27. The van der Waals surface area contributed by atoms with Crippen LogP contribution >= 0.6 is 11.6 Å². The van der Waals surface area contributed by atoms with Crippen LogP contribution in [0.2, 0.25) is 5.02 Å². The first kappa shape index (κ1) is 10.2. The normalized spacial score (nSPS) is 9.69. The molecule has 0 aromatic heterocycles. The van der Waals surface area contributed by atoms with Gasteiger partial charge in [0, 0.05) is 5.56 Å². The quantitative estimate of drug-likeness (QED) is 0.527. The molecule has 0 heterocycles. The van der Waals surface area contributed by atoms with Gasteiger partial charge in [-0.1, -0.05) is 35.8 Å². The Balaban J connectivity index is 2.99. The highest BCUT2D eigenvalue weighted by molar-refractivity contribution is 6.35. The molecule has 0 aliphatic carbocycles. The third-order valence-corrected chi connectivity index (χ3v) is 1.94. The Kier molecular flexibility index (Phi) is 3.43. The van der Waals surface area contributed by atoms with E-state index >= 15 is 0 Å². The molecule has 0 fully saturated rings. The Morgan fingerprint density at radius 1 is 1.62 bits per heavy atom. The molecule has 0 amide bonds. The Hall–Kier alpha value is -0.885. The van der Waals surface area contributed by atoms with Crippen LogP contribution in [0.4, 0.5) is 0 Å². The Morgan fingerprint density at radius 3 is 2.92 bits per heavy atom. The van der Waals surface area contributed by atoms with Gasteiger partial charge in [-0.15, -0.1) is 0 Å². The molecule has 2 radical (unpaired) electrons. The van der Waals surface area contributed by atoms with Crippen molar-refractivity contribution >= 4 is 30.7 Å². The molecular weight excluding hydrogens is 182 g/mol. The van der Waals surface area contributed by atoms with E-state index in [4.69, 9.17) is 24.2 Å². The number of benzene rings is 1. The summed E-state index contributed by atoms with van der Waals surface area (Å²) in [7, 11) is 5.61. The van der Waals surface area contributed by atoms with Gasteiger partial charge in [0.05, 0.1) is 11.6 Å². The van der Waals surface area contributed by atoms with Gasteiger partial charge >= 0.3 is 0 Å². The van der Waals surface area contributed by atoms with Crippen LogP contribution in [0.3, 0.4) is 0 Å². The van der Waals surface area contributed by atoms with Crippen LogP contribution in [0.15, 0.2) is 24.8 Å². The first-order chi connectivity index (χ1) is 6.15. The lowest BCUT2D eigenvalue weighted by Gasteiger charge is -2.09. The van der Waals surface area contributed by atoms with Crippen LogP contribution in [0, 0.1) is 0 Å². The minimum absolute atomic E-state index is 0.555. The van der Waals surface area contributed by atoms with Gasteiger partial charge < -0.3 is 4.74 Å². The first-order valence-corrected chi connectivity index (χ1v) is 4.40. The molecule has 0 aliphatic rings. The van der Waals surface area contributed by atoms with Crippen LogP contribution in [0.5, 0.6) is 0 Å². The van der Waals surface area contributed by atoms with Gasteiger partial charge in [0.15, 0.2) is 0 Å². The summed E-state index contributed by atoms with van der Waals surface area (Å²) >= 11 is 5.93. The second-order valence-corrected chi connectivity index (χ2v) is 3.00. The third-order valence-electron chi connectivity index (χ3n) is 1.61. The average Bonchev–Trinajstić information content (AvgIpc) is 2.09. The van der Waals surface area contributed by atoms with E-state index in [2.05, 4.69) is 6.58 Å². The lowest BCUT2D eigenvalue weighted by molar-refractivity contribution is 0.299. The SMILES string of the molecule is [B]c1ccc(Cl)c(C(=C)OCC)c1. The standard InChI is InChI=1S/C10H10BClO/c1-3-13-7(2)9-6-8(11)4-5-10(9)12/h4-6H,2-3H2,1H3. The Morgan fingerprint density at radius 2 is 2.31 bits per heavy atom. The molecule has 0 aliphatic heterocycles. The molecule has 0 saturated carbocycles. The van der Waals surface area contributed by atoms with Crippen LogP contribution < -0.4 is 5.46 Å². The Bertz CT molecular complexity index is 323. The van der Waals surface area contributed by atoms with Crippen molar-refractivity contribution < 1.29 is 4.74 Å². The molecule has 1 nitrogen and oxygen atoms in total. The zero-order valence-electron chi connectivity index (χ0n) is 7.51. The van der Waals surface area contributed by atoms with E-state index in [1.165, 1.54) is 0 Å². The number of rotatable bonds is 3. The summed E-state index contributed by atoms with van der Waals surface area (Å²) in [5, 5.41) is 0.604. The molecule has 0 unspecified atom stereocenters. The lowest BCUT2D eigenvalue weighted by atomic mass is 9.94. The van der Waals surface area contributed by atoms with Crippen molar-refractivity contribution in [2.75, 3.05) is 6.61 Å². The minimum Gasteiger partial charge on any atom is -0.494 e. The van der Waals surface area contributed by atoms with Gasteiger partial charge in [0.1, 0.15) is 13.6 Å². The van der Waals surface area contributed by atoms with E-state index in [0.29, 0.717) is 22.9 Å². The van der Waals surface area contributed by atoms with Crippen molar-refractivity contribution in [1.82, 2.24) is 0 Å². The van der Waals surface area contributed by atoms with Crippen molar-refractivity contribution in [2.24, 2.45) is 0 Å². The molecule has 1 aromatic carbocycles. The van der Waals surface area contributed by atoms with Gasteiger partial charge in [-0.3, -0.25) is 0 Å². The van der Waals surface area contributed by atoms with Gasteiger partial charge in [-0.2, -0.15) is 0 Å². The van der Waals surface area contributed by atoms with E-state index in [1.807, 2.05) is 6.92 Å².